The van der Waals surface area contributed by atoms with Gasteiger partial charge in [-0.25, -0.2) is 4.79 Å². The fourth-order valence-corrected chi connectivity index (χ4v) is 2.38. The second-order valence-corrected chi connectivity index (χ2v) is 5.05. The van der Waals surface area contributed by atoms with Crippen LogP contribution in [0.3, 0.4) is 0 Å². The summed E-state index contributed by atoms with van der Waals surface area (Å²) in [6.07, 6.45) is 5.40. The van der Waals surface area contributed by atoms with Gasteiger partial charge >= 0.3 is 5.63 Å². The van der Waals surface area contributed by atoms with Gasteiger partial charge in [-0.15, -0.1) is 11.8 Å². The van der Waals surface area contributed by atoms with E-state index in [1.807, 2.05) is 42.7 Å². The monoisotopic (exact) mass is 284 g/mol. The topological polar surface area (TPSA) is 48.0 Å². The summed E-state index contributed by atoms with van der Waals surface area (Å²) in [7, 11) is 0. The van der Waals surface area contributed by atoms with E-state index in [9.17, 15) is 4.79 Å². The van der Waals surface area contributed by atoms with Crippen molar-refractivity contribution in [3.8, 4) is 16.9 Å². The maximum absolute atomic E-state index is 11.6. The Balaban J connectivity index is 2.12. The van der Waals surface area contributed by atoms with Crippen LogP contribution >= 0.6 is 11.8 Å². The van der Waals surface area contributed by atoms with E-state index in [0.29, 0.717) is 5.69 Å². The van der Waals surface area contributed by atoms with Gasteiger partial charge < -0.3 is 4.52 Å². The summed E-state index contributed by atoms with van der Waals surface area (Å²) < 4.78 is 6.81. The molecule has 100 valence electrons. The third-order valence-corrected chi connectivity index (χ3v) is 3.68. The molecule has 0 spiro atoms. The summed E-state index contributed by atoms with van der Waals surface area (Å²) in [5.74, 6) is 0. The van der Waals surface area contributed by atoms with E-state index in [-0.39, 0.29) is 5.63 Å². The lowest BCUT2D eigenvalue weighted by Gasteiger charge is -2.06. The van der Waals surface area contributed by atoms with Crippen molar-refractivity contribution in [2.24, 2.45) is 0 Å². The van der Waals surface area contributed by atoms with Gasteiger partial charge in [-0.2, -0.15) is 4.74 Å². The number of rotatable bonds is 3. The van der Waals surface area contributed by atoms with Crippen molar-refractivity contribution >= 4 is 11.8 Å². The minimum absolute atomic E-state index is 0.370. The summed E-state index contributed by atoms with van der Waals surface area (Å²) in [5.41, 5.74) is 2.05. The van der Waals surface area contributed by atoms with Crippen LogP contribution in [0.2, 0.25) is 0 Å². The van der Waals surface area contributed by atoms with Crippen molar-refractivity contribution < 1.29 is 4.52 Å². The van der Waals surface area contributed by atoms with Crippen molar-refractivity contribution in [1.82, 2.24) is 9.72 Å². The maximum atomic E-state index is 11.6. The second-order valence-electron chi connectivity index (χ2n) is 4.17. The number of hydrogen-bond donors (Lipinski definition) is 0. The summed E-state index contributed by atoms with van der Waals surface area (Å²) in [6, 6.07) is 13.0. The van der Waals surface area contributed by atoms with Crippen LogP contribution in [0.4, 0.5) is 0 Å². The molecule has 3 rings (SSSR count). The first-order valence-corrected chi connectivity index (χ1v) is 7.28. The molecule has 0 N–H and O–H groups in total. The first-order chi connectivity index (χ1) is 9.78. The second kappa shape index (κ2) is 5.38. The summed E-state index contributed by atoms with van der Waals surface area (Å²) in [6.45, 7) is 0. The first-order valence-electron chi connectivity index (χ1n) is 6.06. The summed E-state index contributed by atoms with van der Waals surface area (Å²) >= 11 is 1.67. The lowest BCUT2D eigenvalue weighted by atomic mass is 10.2. The van der Waals surface area contributed by atoms with Gasteiger partial charge in [0.25, 0.3) is 0 Å². The Morgan fingerprint density at radius 1 is 1.10 bits per heavy atom. The third-order valence-electron chi connectivity index (χ3n) is 2.94. The molecule has 0 amide bonds. The molecule has 0 radical (unpaired) electrons. The third kappa shape index (κ3) is 2.40. The van der Waals surface area contributed by atoms with Gasteiger partial charge in [-0.05, 0) is 42.7 Å². The van der Waals surface area contributed by atoms with Crippen LogP contribution in [0.15, 0.2) is 69.1 Å². The number of thioether (sulfide) groups is 1. The molecule has 5 heteroatoms. The smallest absolute Gasteiger partial charge is 0.331 e. The normalized spacial score (nSPS) is 10.7. The number of benzene rings is 1. The Labute approximate surface area is 120 Å². The van der Waals surface area contributed by atoms with Gasteiger partial charge in [0, 0.05) is 22.9 Å². The molecule has 0 unspecified atom stereocenters. The molecular formula is C15H12N2O2S. The van der Waals surface area contributed by atoms with E-state index in [0.717, 1.165) is 16.1 Å². The highest BCUT2D eigenvalue weighted by atomic mass is 32.2. The molecule has 0 saturated carbocycles. The lowest BCUT2D eigenvalue weighted by molar-refractivity contribution is 0.326. The zero-order valence-corrected chi connectivity index (χ0v) is 11.6. The van der Waals surface area contributed by atoms with Gasteiger partial charge in [-0.1, -0.05) is 0 Å². The molecule has 0 aliphatic rings. The fraction of sp³-hybridized carbons (Fsp3) is 0.0667. The predicted octanol–water partition coefficient (Wildman–Crippen LogP) is 3.21. The molecule has 2 heterocycles. The zero-order chi connectivity index (χ0) is 13.9. The van der Waals surface area contributed by atoms with Crippen LogP contribution in [0, 0.1) is 0 Å². The van der Waals surface area contributed by atoms with Gasteiger partial charge in [0.15, 0.2) is 0 Å². The van der Waals surface area contributed by atoms with E-state index in [2.05, 4.69) is 4.98 Å². The van der Waals surface area contributed by atoms with E-state index in [1.54, 1.807) is 28.9 Å². The molecule has 3 aromatic rings. The zero-order valence-electron chi connectivity index (χ0n) is 10.8. The predicted molar refractivity (Wildman–Crippen MR) is 79.3 cm³/mol. The van der Waals surface area contributed by atoms with Crippen molar-refractivity contribution in [3.05, 3.63) is 65.3 Å². The molecule has 0 aliphatic heterocycles. The van der Waals surface area contributed by atoms with Crippen LogP contribution in [0.25, 0.3) is 16.9 Å². The Bertz CT molecular complexity index is 761. The minimum Gasteiger partial charge on any atom is -0.331 e. The molecule has 2 aromatic heterocycles. The molecule has 0 fully saturated rings. The van der Waals surface area contributed by atoms with Crippen molar-refractivity contribution in [3.63, 3.8) is 0 Å². The summed E-state index contributed by atoms with van der Waals surface area (Å²) in [4.78, 5) is 16.7. The average molecular weight is 284 g/mol. The van der Waals surface area contributed by atoms with Crippen LogP contribution in [-0.4, -0.2) is 16.0 Å². The minimum atomic E-state index is -0.370. The maximum Gasteiger partial charge on any atom is 0.358 e. The van der Waals surface area contributed by atoms with Gasteiger partial charge in [0.1, 0.15) is 0 Å². The number of aromatic nitrogens is 2. The standard InChI is InChI=1S/C15H12N2O2S/c1-20-13-4-2-12(3-5-13)17-14(10-15(18)19-17)11-6-8-16-9-7-11/h2-10H,1H3. The Hall–Kier alpha value is -2.27. The molecule has 20 heavy (non-hydrogen) atoms. The number of pyridine rings is 1. The number of nitrogens with zero attached hydrogens (tertiary/aromatic N) is 2. The highest BCUT2D eigenvalue weighted by Gasteiger charge is 2.11. The van der Waals surface area contributed by atoms with Gasteiger partial charge in [0.05, 0.1) is 17.4 Å². The largest absolute Gasteiger partial charge is 0.358 e. The van der Waals surface area contributed by atoms with Crippen LogP contribution in [-0.2, 0) is 0 Å². The molecule has 0 aliphatic carbocycles. The van der Waals surface area contributed by atoms with E-state index in [4.69, 9.17) is 4.52 Å². The fourth-order valence-electron chi connectivity index (χ4n) is 1.97. The van der Waals surface area contributed by atoms with Crippen molar-refractivity contribution in [2.75, 3.05) is 6.26 Å². The Morgan fingerprint density at radius 2 is 1.80 bits per heavy atom. The number of hydrogen-bond acceptors (Lipinski definition) is 4. The van der Waals surface area contributed by atoms with E-state index >= 15 is 0 Å². The van der Waals surface area contributed by atoms with Gasteiger partial charge in [-0.3, -0.25) is 4.98 Å². The molecule has 4 nitrogen and oxygen atoms in total. The molecule has 0 atom stereocenters. The van der Waals surface area contributed by atoms with E-state index in [1.165, 1.54) is 6.07 Å². The van der Waals surface area contributed by atoms with Crippen LogP contribution < -0.4 is 5.63 Å². The summed E-state index contributed by atoms with van der Waals surface area (Å²) in [5, 5.41) is 0. The highest BCUT2D eigenvalue weighted by molar-refractivity contribution is 7.98. The van der Waals surface area contributed by atoms with Crippen LogP contribution in [0.1, 0.15) is 0 Å². The quantitative estimate of drug-likeness (QED) is 0.693. The van der Waals surface area contributed by atoms with E-state index < -0.39 is 0 Å². The molecule has 0 bridgehead atoms. The SMILES string of the molecule is CSc1ccc(-n2oc(=O)cc2-c2ccncc2)cc1. The Morgan fingerprint density at radius 3 is 2.45 bits per heavy atom. The van der Waals surface area contributed by atoms with Gasteiger partial charge in [0.2, 0.25) is 0 Å². The van der Waals surface area contributed by atoms with Crippen molar-refractivity contribution in [1.29, 1.82) is 0 Å². The molecule has 0 saturated heterocycles. The highest BCUT2D eigenvalue weighted by Crippen LogP contribution is 2.23. The van der Waals surface area contributed by atoms with Crippen LogP contribution in [0.5, 0.6) is 0 Å². The Kier molecular flexibility index (Phi) is 3.43. The lowest BCUT2D eigenvalue weighted by Crippen LogP contribution is -1.96. The molecular weight excluding hydrogens is 272 g/mol. The van der Waals surface area contributed by atoms with Crippen molar-refractivity contribution in [2.45, 2.75) is 4.90 Å². The average Bonchev–Trinajstić information content (AvgIpc) is 2.90. The first kappa shape index (κ1) is 12.7. The molecule has 1 aromatic carbocycles.